The van der Waals surface area contributed by atoms with Gasteiger partial charge in [0.2, 0.25) is 5.91 Å². The van der Waals surface area contributed by atoms with Crippen LogP contribution in [0.5, 0.6) is 0 Å². The van der Waals surface area contributed by atoms with E-state index >= 15 is 0 Å². The first-order chi connectivity index (χ1) is 10.5. The average Bonchev–Trinajstić information content (AvgIpc) is 2.46. The van der Waals surface area contributed by atoms with E-state index in [4.69, 9.17) is 10.5 Å². The third-order valence-electron chi connectivity index (χ3n) is 5.24. The number of anilines is 1. The number of ether oxygens (including phenoxy) is 1. The van der Waals surface area contributed by atoms with Crippen LogP contribution in [0.25, 0.3) is 0 Å². The van der Waals surface area contributed by atoms with Crippen molar-refractivity contribution >= 4 is 11.6 Å². The molecule has 128 valence electrons. The van der Waals surface area contributed by atoms with Crippen molar-refractivity contribution in [2.75, 3.05) is 11.9 Å². The van der Waals surface area contributed by atoms with Crippen molar-refractivity contribution in [3.05, 3.63) is 29.8 Å². The van der Waals surface area contributed by atoms with Crippen molar-refractivity contribution < 1.29 is 9.53 Å². The zero-order valence-corrected chi connectivity index (χ0v) is 15.2. The summed E-state index contributed by atoms with van der Waals surface area (Å²) in [4.78, 5) is 12.7. The first-order valence-electron chi connectivity index (χ1n) is 8.35. The van der Waals surface area contributed by atoms with Gasteiger partial charge in [0.1, 0.15) is 5.54 Å². The molecule has 0 radical (unpaired) electrons. The monoisotopic (exact) mass is 318 g/mol. The Morgan fingerprint density at radius 3 is 2.30 bits per heavy atom. The molecule has 0 aromatic heterocycles. The summed E-state index contributed by atoms with van der Waals surface area (Å²) < 4.78 is 5.68. The third kappa shape index (κ3) is 3.15. The maximum Gasteiger partial charge on any atom is 0.245 e. The SMILES string of the molecule is CCOC1CC(N)(C(=O)Nc2ccc(C(C)(C)C)cc2)C1(C)C. The maximum absolute atomic E-state index is 12.7. The lowest BCUT2D eigenvalue weighted by molar-refractivity contribution is -0.166. The second-order valence-corrected chi connectivity index (χ2v) is 8.12. The Morgan fingerprint density at radius 1 is 1.30 bits per heavy atom. The van der Waals surface area contributed by atoms with Gasteiger partial charge in [0.15, 0.2) is 0 Å². The molecular weight excluding hydrogens is 288 g/mol. The largest absolute Gasteiger partial charge is 0.378 e. The zero-order chi connectivity index (χ0) is 17.5. The molecule has 4 nitrogen and oxygen atoms in total. The normalized spacial score (nSPS) is 26.5. The van der Waals surface area contributed by atoms with Gasteiger partial charge in [0.05, 0.1) is 6.10 Å². The Bertz CT molecular complexity index is 572. The summed E-state index contributed by atoms with van der Waals surface area (Å²) in [5.74, 6) is -0.137. The van der Waals surface area contributed by atoms with Crippen LogP contribution in [0.1, 0.15) is 53.5 Å². The molecule has 1 aromatic carbocycles. The molecule has 1 aliphatic carbocycles. The van der Waals surface area contributed by atoms with E-state index in [2.05, 4.69) is 26.1 Å². The van der Waals surface area contributed by atoms with Gasteiger partial charge in [-0.3, -0.25) is 4.79 Å². The molecule has 2 rings (SSSR count). The Kier molecular flexibility index (Phi) is 4.62. The standard InChI is InChI=1S/C19H30N2O2/c1-7-23-15-12-19(20,18(15,5)6)16(22)21-14-10-8-13(9-11-14)17(2,3)4/h8-11,15H,7,12,20H2,1-6H3,(H,21,22). The lowest BCUT2D eigenvalue weighted by Gasteiger charge is -2.57. The molecule has 0 aliphatic heterocycles. The van der Waals surface area contributed by atoms with Crippen molar-refractivity contribution in [1.82, 2.24) is 0 Å². The fourth-order valence-corrected chi connectivity index (χ4v) is 3.12. The van der Waals surface area contributed by atoms with Crippen molar-refractivity contribution in [2.24, 2.45) is 11.1 Å². The van der Waals surface area contributed by atoms with E-state index in [9.17, 15) is 4.79 Å². The van der Waals surface area contributed by atoms with E-state index < -0.39 is 5.54 Å². The quantitative estimate of drug-likeness (QED) is 0.893. The number of hydrogen-bond donors (Lipinski definition) is 2. The maximum atomic E-state index is 12.7. The number of carbonyl (C=O) groups excluding carboxylic acids is 1. The minimum atomic E-state index is -0.893. The van der Waals surface area contributed by atoms with Crippen LogP contribution in [0, 0.1) is 5.41 Å². The zero-order valence-electron chi connectivity index (χ0n) is 15.2. The van der Waals surface area contributed by atoms with Crippen molar-refractivity contribution in [1.29, 1.82) is 0 Å². The van der Waals surface area contributed by atoms with Crippen LogP contribution in [0.15, 0.2) is 24.3 Å². The smallest absolute Gasteiger partial charge is 0.245 e. The third-order valence-corrected chi connectivity index (χ3v) is 5.24. The lowest BCUT2D eigenvalue weighted by atomic mass is 9.54. The number of nitrogens with two attached hydrogens (primary N) is 1. The fraction of sp³-hybridized carbons (Fsp3) is 0.632. The predicted octanol–water partition coefficient (Wildman–Crippen LogP) is 3.46. The van der Waals surface area contributed by atoms with Crippen molar-refractivity contribution in [2.45, 2.75) is 65.0 Å². The Labute approximate surface area is 139 Å². The van der Waals surface area contributed by atoms with E-state index in [-0.39, 0.29) is 22.8 Å². The average molecular weight is 318 g/mol. The van der Waals surface area contributed by atoms with Gasteiger partial charge in [-0.1, -0.05) is 46.8 Å². The number of hydrogen-bond acceptors (Lipinski definition) is 3. The topological polar surface area (TPSA) is 64.3 Å². The molecule has 1 amide bonds. The summed E-state index contributed by atoms with van der Waals surface area (Å²) in [5, 5.41) is 2.96. The van der Waals surface area contributed by atoms with Gasteiger partial charge in [-0.2, -0.15) is 0 Å². The minimum Gasteiger partial charge on any atom is -0.378 e. The van der Waals surface area contributed by atoms with E-state index in [0.29, 0.717) is 13.0 Å². The van der Waals surface area contributed by atoms with Crippen molar-refractivity contribution in [3.63, 3.8) is 0 Å². The highest BCUT2D eigenvalue weighted by atomic mass is 16.5. The number of amides is 1. The Hall–Kier alpha value is -1.39. The van der Waals surface area contributed by atoms with Gasteiger partial charge in [0.25, 0.3) is 0 Å². The fourth-order valence-electron chi connectivity index (χ4n) is 3.12. The van der Waals surface area contributed by atoms with Gasteiger partial charge in [-0.05, 0) is 30.0 Å². The molecule has 1 saturated carbocycles. The first-order valence-corrected chi connectivity index (χ1v) is 8.35. The molecular formula is C19H30N2O2. The van der Waals surface area contributed by atoms with Gasteiger partial charge < -0.3 is 15.8 Å². The number of carbonyl (C=O) groups is 1. The summed E-state index contributed by atoms with van der Waals surface area (Å²) in [7, 11) is 0. The summed E-state index contributed by atoms with van der Waals surface area (Å²) in [6.45, 7) is 13.1. The molecule has 0 spiro atoms. The second kappa shape index (κ2) is 5.91. The highest BCUT2D eigenvalue weighted by Crippen LogP contribution is 2.50. The molecule has 3 N–H and O–H groups in total. The van der Waals surface area contributed by atoms with Gasteiger partial charge in [0, 0.05) is 24.1 Å². The van der Waals surface area contributed by atoms with Crippen LogP contribution in [-0.4, -0.2) is 24.2 Å². The summed E-state index contributed by atoms with van der Waals surface area (Å²) >= 11 is 0. The van der Waals surface area contributed by atoms with Gasteiger partial charge in [-0.25, -0.2) is 0 Å². The second-order valence-electron chi connectivity index (χ2n) is 8.12. The number of benzene rings is 1. The highest BCUT2D eigenvalue weighted by Gasteiger charge is 2.62. The minimum absolute atomic E-state index is 0.0338. The molecule has 23 heavy (non-hydrogen) atoms. The van der Waals surface area contributed by atoms with Crippen LogP contribution in [0.2, 0.25) is 0 Å². The van der Waals surface area contributed by atoms with Gasteiger partial charge >= 0.3 is 0 Å². The highest BCUT2D eigenvalue weighted by molar-refractivity contribution is 5.99. The number of rotatable bonds is 4. The molecule has 1 aromatic rings. The van der Waals surface area contributed by atoms with Crippen LogP contribution in [0.4, 0.5) is 5.69 Å². The Morgan fingerprint density at radius 2 is 1.87 bits per heavy atom. The molecule has 0 bridgehead atoms. The van der Waals surface area contributed by atoms with Crippen molar-refractivity contribution in [3.8, 4) is 0 Å². The van der Waals surface area contributed by atoms with Crippen LogP contribution in [0.3, 0.4) is 0 Å². The Balaban J connectivity index is 2.08. The summed E-state index contributed by atoms with van der Waals surface area (Å²) in [5.41, 5.74) is 7.24. The van der Waals surface area contributed by atoms with E-state index in [1.165, 1.54) is 5.56 Å². The van der Waals surface area contributed by atoms with E-state index in [0.717, 1.165) is 5.69 Å². The van der Waals surface area contributed by atoms with E-state index in [1.54, 1.807) is 0 Å². The number of nitrogens with one attached hydrogen (secondary N) is 1. The molecule has 1 fully saturated rings. The molecule has 4 heteroatoms. The molecule has 0 saturated heterocycles. The lowest BCUT2D eigenvalue weighted by Crippen LogP contribution is -2.74. The van der Waals surface area contributed by atoms with Crippen LogP contribution < -0.4 is 11.1 Å². The molecule has 0 heterocycles. The van der Waals surface area contributed by atoms with Crippen LogP contribution in [-0.2, 0) is 14.9 Å². The predicted molar refractivity (Wildman–Crippen MR) is 94.5 cm³/mol. The first kappa shape index (κ1) is 18.0. The van der Waals surface area contributed by atoms with E-state index in [1.807, 2.05) is 45.0 Å². The van der Waals surface area contributed by atoms with Gasteiger partial charge in [-0.15, -0.1) is 0 Å². The molecule has 2 unspecified atom stereocenters. The molecule has 2 atom stereocenters. The summed E-state index contributed by atoms with van der Waals surface area (Å²) in [6.07, 6.45) is 0.589. The van der Waals surface area contributed by atoms with Crippen LogP contribution >= 0.6 is 0 Å². The summed E-state index contributed by atoms with van der Waals surface area (Å²) in [6, 6.07) is 7.97. The molecule has 1 aliphatic rings.